The monoisotopic (exact) mass is 358 g/mol. The molecule has 0 fully saturated rings. The fourth-order valence-electron chi connectivity index (χ4n) is 3.69. The maximum absolute atomic E-state index is 12.2. The number of carbonyl (C=O) groups is 1. The summed E-state index contributed by atoms with van der Waals surface area (Å²) in [5, 5.41) is 2.82. The van der Waals surface area contributed by atoms with Gasteiger partial charge < -0.3 is 15.8 Å². The van der Waals surface area contributed by atoms with Crippen LogP contribution in [0.25, 0.3) is 11.1 Å². The van der Waals surface area contributed by atoms with E-state index in [-0.39, 0.29) is 5.92 Å². The van der Waals surface area contributed by atoms with Gasteiger partial charge in [0, 0.05) is 19.0 Å². The number of hydrogen-bond acceptors (Lipinski definition) is 3. The Morgan fingerprint density at radius 2 is 1.52 bits per heavy atom. The third-order valence-corrected chi connectivity index (χ3v) is 5.01. The van der Waals surface area contributed by atoms with Crippen LogP contribution in [0.1, 0.15) is 28.2 Å². The summed E-state index contributed by atoms with van der Waals surface area (Å²) in [6.45, 7) is 1.23. The normalized spacial score (nSPS) is 12.3. The first kappa shape index (κ1) is 17.3. The highest BCUT2D eigenvalue weighted by atomic mass is 16.5. The summed E-state index contributed by atoms with van der Waals surface area (Å²) in [5.41, 5.74) is 12.6. The van der Waals surface area contributed by atoms with Gasteiger partial charge in [-0.2, -0.15) is 0 Å². The maximum Gasteiger partial charge on any atom is 0.407 e. The number of carbonyl (C=O) groups excluding carboxylic acids is 1. The average Bonchev–Trinajstić information content (AvgIpc) is 3.05. The Morgan fingerprint density at radius 1 is 0.889 bits per heavy atom. The van der Waals surface area contributed by atoms with Crippen LogP contribution in [0.15, 0.2) is 72.8 Å². The van der Waals surface area contributed by atoms with Gasteiger partial charge in [0.1, 0.15) is 6.61 Å². The van der Waals surface area contributed by atoms with Gasteiger partial charge in [0.15, 0.2) is 0 Å². The zero-order valence-corrected chi connectivity index (χ0v) is 15.0. The van der Waals surface area contributed by atoms with Gasteiger partial charge >= 0.3 is 6.09 Å². The Labute approximate surface area is 159 Å². The minimum Gasteiger partial charge on any atom is -0.449 e. The van der Waals surface area contributed by atoms with Crippen LogP contribution in [0.5, 0.6) is 0 Å². The van der Waals surface area contributed by atoms with Crippen LogP contribution >= 0.6 is 0 Å². The van der Waals surface area contributed by atoms with Gasteiger partial charge in [-0.25, -0.2) is 4.79 Å². The molecule has 3 aromatic carbocycles. The van der Waals surface area contributed by atoms with E-state index < -0.39 is 6.09 Å². The summed E-state index contributed by atoms with van der Waals surface area (Å²) >= 11 is 0. The van der Waals surface area contributed by atoms with Crippen molar-refractivity contribution in [2.24, 2.45) is 5.73 Å². The molecule has 4 rings (SSSR count). The van der Waals surface area contributed by atoms with Crippen molar-refractivity contribution in [1.82, 2.24) is 5.32 Å². The summed E-state index contributed by atoms with van der Waals surface area (Å²) in [7, 11) is 0. The number of benzene rings is 3. The first-order valence-corrected chi connectivity index (χ1v) is 9.13. The van der Waals surface area contributed by atoms with Crippen LogP contribution in [0.4, 0.5) is 4.79 Å². The first-order chi connectivity index (χ1) is 13.3. The first-order valence-electron chi connectivity index (χ1n) is 9.13. The van der Waals surface area contributed by atoms with E-state index in [9.17, 15) is 4.79 Å². The molecular weight excluding hydrogens is 336 g/mol. The van der Waals surface area contributed by atoms with E-state index >= 15 is 0 Å². The zero-order valence-electron chi connectivity index (χ0n) is 15.0. The Bertz CT molecular complexity index is 922. The van der Waals surface area contributed by atoms with Crippen molar-refractivity contribution in [3.63, 3.8) is 0 Å². The van der Waals surface area contributed by atoms with Crippen molar-refractivity contribution in [2.75, 3.05) is 6.61 Å². The SMILES string of the molecule is NCc1cccc(CNC(=O)OCC2c3ccccc3-c3ccccc32)c1. The summed E-state index contributed by atoms with van der Waals surface area (Å²) < 4.78 is 5.54. The van der Waals surface area contributed by atoms with E-state index in [2.05, 4.69) is 29.6 Å². The number of nitrogens with two attached hydrogens (primary N) is 1. The van der Waals surface area contributed by atoms with E-state index in [0.29, 0.717) is 19.7 Å². The molecule has 0 aromatic heterocycles. The highest BCUT2D eigenvalue weighted by Crippen LogP contribution is 2.44. The molecule has 27 heavy (non-hydrogen) atoms. The fourth-order valence-corrected chi connectivity index (χ4v) is 3.69. The molecule has 1 amide bonds. The summed E-state index contributed by atoms with van der Waals surface area (Å²) in [5.74, 6) is 0.0729. The molecule has 4 nitrogen and oxygen atoms in total. The number of fused-ring (bicyclic) bond motifs is 3. The van der Waals surface area contributed by atoms with Gasteiger partial charge in [0.05, 0.1) is 0 Å². The zero-order chi connectivity index (χ0) is 18.6. The van der Waals surface area contributed by atoms with Crippen LogP contribution in [0, 0.1) is 0 Å². The van der Waals surface area contributed by atoms with Crippen LogP contribution in [-0.2, 0) is 17.8 Å². The van der Waals surface area contributed by atoms with E-state index in [1.807, 2.05) is 48.5 Å². The number of alkyl carbamates (subject to hydrolysis) is 1. The molecule has 0 bridgehead atoms. The lowest BCUT2D eigenvalue weighted by Crippen LogP contribution is -2.25. The minimum absolute atomic E-state index is 0.0729. The molecule has 0 saturated heterocycles. The molecule has 0 aliphatic heterocycles. The second-order valence-corrected chi connectivity index (χ2v) is 6.70. The molecule has 3 aromatic rings. The number of nitrogens with one attached hydrogen (secondary N) is 1. The minimum atomic E-state index is -0.407. The number of hydrogen-bond donors (Lipinski definition) is 2. The summed E-state index contributed by atoms with van der Waals surface area (Å²) in [6, 6.07) is 24.5. The Kier molecular flexibility index (Phi) is 4.90. The number of rotatable bonds is 5. The lowest BCUT2D eigenvalue weighted by atomic mass is 9.98. The third-order valence-electron chi connectivity index (χ3n) is 5.01. The van der Waals surface area contributed by atoms with Crippen LogP contribution < -0.4 is 11.1 Å². The van der Waals surface area contributed by atoms with Gasteiger partial charge in [0.25, 0.3) is 0 Å². The van der Waals surface area contributed by atoms with Gasteiger partial charge in [-0.15, -0.1) is 0 Å². The van der Waals surface area contributed by atoms with E-state index in [0.717, 1.165) is 11.1 Å². The predicted molar refractivity (Wildman–Crippen MR) is 106 cm³/mol. The highest BCUT2D eigenvalue weighted by molar-refractivity contribution is 5.79. The van der Waals surface area contributed by atoms with Gasteiger partial charge in [-0.1, -0.05) is 72.8 Å². The van der Waals surface area contributed by atoms with Crippen LogP contribution in [0.3, 0.4) is 0 Å². The summed E-state index contributed by atoms with van der Waals surface area (Å²) in [4.78, 5) is 12.2. The Hall–Kier alpha value is -3.11. The fraction of sp³-hybridized carbons (Fsp3) is 0.174. The molecule has 1 aliphatic rings. The molecule has 0 radical (unpaired) electrons. The second kappa shape index (κ2) is 7.64. The lowest BCUT2D eigenvalue weighted by Gasteiger charge is -2.14. The van der Waals surface area contributed by atoms with Crippen molar-refractivity contribution in [2.45, 2.75) is 19.0 Å². The molecule has 136 valence electrons. The quantitative estimate of drug-likeness (QED) is 0.719. The molecule has 3 N–H and O–H groups in total. The van der Waals surface area contributed by atoms with Gasteiger partial charge in [-0.05, 0) is 33.4 Å². The number of amides is 1. The van der Waals surface area contributed by atoms with E-state index in [4.69, 9.17) is 10.5 Å². The molecular formula is C23H22N2O2. The van der Waals surface area contributed by atoms with Crippen molar-refractivity contribution in [3.8, 4) is 11.1 Å². The van der Waals surface area contributed by atoms with Gasteiger partial charge in [0.2, 0.25) is 0 Å². The van der Waals surface area contributed by atoms with Crippen molar-refractivity contribution in [3.05, 3.63) is 95.1 Å². The predicted octanol–water partition coefficient (Wildman–Crippen LogP) is 4.18. The molecule has 0 heterocycles. The standard InChI is InChI=1S/C23H22N2O2/c24-13-16-6-5-7-17(12-16)14-25-23(26)27-15-22-20-10-3-1-8-18(20)19-9-2-4-11-21(19)22/h1-12,22H,13-15,24H2,(H,25,26). The topological polar surface area (TPSA) is 64.3 Å². The molecule has 0 unspecified atom stereocenters. The lowest BCUT2D eigenvalue weighted by molar-refractivity contribution is 0.142. The van der Waals surface area contributed by atoms with Gasteiger partial charge in [-0.3, -0.25) is 0 Å². The highest BCUT2D eigenvalue weighted by Gasteiger charge is 2.28. The smallest absolute Gasteiger partial charge is 0.407 e. The molecule has 1 aliphatic carbocycles. The van der Waals surface area contributed by atoms with Crippen LogP contribution in [0.2, 0.25) is 0 Å². The molecule has 4 heteroatoms. The molecule has 0 atom stereocenters. The molecule has 0 saturated carbocycles. The average molecular weight is 358 g/mol. The Balaban J connectivity index is 1.40. The van der Waals surface area contributed by atoms with E-state index in [1.54, 1.807) is 0 Å². The summed E-state index contributed by atoms with van der Waals surface area (Å²) in [6.07, 6.45) is -0.407. The maximum atomic E-state index is 12.2. The van der Waals surface area contributed by atoms with Crippen molar-refractivity contribution in [1.29, 1.82) is 0 Å². The largest absolute Gasteiger partial charge is 0.449 e. The second-order valence-electron chi connectivity index (χ2n) is 6.70. The van der Waals surface area contributed by atoms with Crippen molar-refractivity contribution < 1.29 is 9.53 Å². The Morgan fingerprint density at radius 3 is 2.19 bits per heavy atom. The molecule has 0 spiro atoms. The number of ether oxygens (including phenoxy) is 1. The van der Waals surface area contributed by atoms with Crippen LogP contribution in [-0.4, -0.2) is 12.7 Å². The van der Waals surface area contributed by atoms with Crippen molar-refractivity contribution >= 4 is 6.09 Å². The van der Waals surface area contributed by atoms with E-state index in [1.165, 1.54) is 22.3 Å². The third kappa shape index (κ3) is 3.57.